The van der Waals surface area contributed by atoms with Crippen molar-refractivity contribution < 1.29 is 0 Å². The Labute approximate surface area is 118 Å². The molecule has 0 aliphatic carbocycles. The average molecular weight is 263 g/mol. The number of rotatable bonds is 9. The summed E-state index contributed by atoms with van der Waals surface area (Å²) in [4.78, 5) is 6.88. The Balaban J connectivity index is 2.66. The Morgan fingerprint density at radius 1 is 1.32 bits per heavy atom. The minimum absolute atomic E-state index is 0.731. The van der Waals surface area contributed by atoms with Gasteiger partial charge in [0.25, 0.3) is 0 Å². The quantitative estimate of drug-likeness (QED) is 0.692. The molecule has 1 aromatic rings. The Bertz CT molecular complexity index is 352. The van der Waals surface area contributed by atoms with E-state index in [0.29, 0.717) is 0 Å². The van der Waals surface area contributed by atoms with Gasteiger partial charge in [-0.25, -0.2) is 0 Å². The zero-order valence-corrected chi connectivity index (χ0v) is 12.9. The SMILES string of the molecule is CCCNCc1cc(N(CC)CC(C)CC)ccn1. The van der Waals surface area contributed by atoms with Crippen LogP contribution < -0.4 is 10.2 Å². The second kappa shape index (κ2) is 8.92. The lowest BCUT2D eigenvalue weighted by molar-refractivity contribution is 0.547. The molecule has 0 saturated heterocycles. The Kier molecular flexibility index (Phi) is 7.49. The molecule has 1 unspecified atom stereocenters. The predicted octanol–water partition coefficient (Wildman–Crippen LogP) is 3.45. The minimum Gasteiger partial charge on any atom is -0.371 e. The minimum atomic E-state index is 0.731. The van der Waals surface area contributed by atoms with Gasteiger partial charge in [-0.05, 0) is 37.9 Å². The number of hydrogen-bond donors (Lipinski definition) is 1. The van der Waals surface area contributed by atoms with E-state index in [9.17, 15) is 0 Å². The van der Waals surface area contributed by atoms with Gasteiger partial charge in [0.1, 0.15) is 0 Å². The molecule has 0 radical (unpaired) electrons. The molecule has 108 valence electrons. The molecule has 1 rings (SSSR count). The standard InChI is InChI=1S/C16H29N3/c1-5-9-17-12-15-11-16(8-10-18-15)19(7-3)13-14(4)6-2/h8,10-11,14,17H,5-7,9,12-13H2,1-4H3. The van der Waals surface area contributed by atoms with Gasteiger partial charge in [-0.15, -0.1) is 0 Å². The smallest absolute Gasteiger partial charge is 0.0562 e. The van der Waals surface area contributed by atoms with Crippen molar-refractivity contribution in [2.45, 2.75) is 47.1 Å². The first kappa shape index (κ1) is 16.0. The second-order valence-electron chi connectivity index (χ2n) is 5.23. The van der Waals surface area contributed by atoms with Gasteiger partial charge in [0, 0.05) is 31.5 Å². The summed E-state index contributed by atoms with van der Waals surface area (Å²) in [5, 5.41) is 3.41. The molecule has 1 atom stereocenters. The van der Waals surface area contributed by atoms with Crippen LogP contribution in [0.5, 0.6) is 0 Å². The molecule has 0 aliphatic heterocycles. The van der Waals surface area contributed by atoms with Crippen LogP contribution in [0.2, 0.25) is 0 Å². The fraction of sp³-hybridized carbons (Fsp3) is 0.688. The van der Waals surface area contributed by atoms with E-state index < -0.39 is 0 Å². The molecular formula is C16H29N3. The summed E-state index contributed by atoms with van der Waals surface area (Å²) in [7, 11) is 0. The molecule has 0 amide bonds. The predicted molar refractivity (Wildman–Crippen MR) is 83.6 cm³/mol. The maximum absolute atomic E-state index is 4.44. The van der Waals surface area contributed by atoms with Crippen molar-refractivity contribution in [2.75, 3.05) is 24.5 Å². The van der Waals surface area contributed by atoms with Crippen LogP contribution in [0.4, 0.5) is 5.69 Å². The fourth-order valence-electron chi connectivity index (χ4n) is 2.07. The van der Waals surface area contributed by atoms with Gasteiger partial charge in [-0.1, -0.05) is 27.2 Å². The topological polar surface area (TPSA) is 28.2 Å². The van der Waals surface area contributed by atoms with E-state index >= 15 is 0 Å². The lowest BCUT2D eigenvalue weighted by Crippen LogP contribution is -2.28. The maximum Gasteiger partial charge on any atom is 0.0562 e. The zero-order valence-electron chi connectivity index (χ0n) is 12.9. The molecule has 3 heteroatoms. The van der Waals surface area contributed by atoms with Crippen LogP contribution in [-0.4, -0.2) is 24.6 Å². The monoisotopic (exact) mass is 263 g/mol. The van der Waals surface area contributed by atoms with E-state index in [-0.39, 0.29) is 0 Å². The van der Waals surface area contributed by atoms with Crippen LogP contribution in [0.1, 0.15) is 46.2 Å². The largest absolute Gasteiger partial charge is 0.371 e. The third-order valence-corrected chi connectivity index (χ3v) is 3.51. The maximum atomic E-state index is 4.44. The molecule has 0 fully saturated rings. The first-order chi connectivity index (χ1) is 9.21. The molecule has 0 bridgehead atoms. The van der Waals surface area contributed by atoms with E-state index in [1.807, 2.05) is 6.20 Å². The summed E-state index contributed by atoms with van der Waals surface area (Å²) in [6.07, 6.45) is 4.32. The number of pyridine rings is 1. The van der Waals surface area contributed by atoms with Crippen LogP contribution >= 0.6 is 0 Å². The third kappa shape index (κ3) is 5.60. The van der Waals surface area contributed by atoms with Crippen molar-refractivity contribution in [3.8, 4) is 0 Å². The summed E-state index contributed by atoms with van der Waals surface area (Å²) >= 11 is 0. The van der Waals surface area contributed by atoms with Gasteiger partial charge in [-0.3, -0.25) is 4.98 Å². The van der Waals surface area contributed by atoms with Crippen LogP contribution in [0.3, 0.4) is 0 Å². The van der Waals surface area contributed by atoms with E-state index in [0.717, 1.165) is 44.2 Å². The van der Waals surface area contributed by atoms with E-state index in [1.165, 1.54) is 12.1 Å². The Morgan fingerprint density at radius 2 is 2.11 bits per heavy atom. The highest BCUT2D eigenvalue weighted by Gasteiger charge is 2.09. The highest BCUT2D eigenvalue weighted by Crippen LogP contribution is 2.17. The highest BCUT2D eigenvalue weighted by molar-refractivity contribution is 5.46. The van der Waals surface area contributed by atoms with Crippen LogP contribution in [0.15, 0.2) is 18.3 Å². The van der Waals surface area contributed by atoms with Crippen molar-refractivity contribution >= 4 is 5.69 Å². The Morgan fingerprint density at radius 3 is 2.74 bits per heavy atom. The molecule has 1 aromatic heterocycles. The number of anilines is 1. The first-order valence-electron chi connectivity index (χ1n) is 7.61. The van der Waals surface area contributed by atoms with Crippen LogP contribution in [-0.2, 0) is 6.54 Å². The summed E-state index contributed by atoms with van der Waals surface area (Å²) in [6.45, 7) is 13.1. The zero-order chi connectivity index (χ0) is 14.1. The highest BCUT2D eigenvalue weighted by atomic mass is 15.1. The van der Waals surface area contributed by atoms with E-state index in [2.05, 4.69) is 55.0 Å². The van der Waals surface area contributed by atoms with Gasteiger partial charge in [0.15, 0.2) is 0 Å². The molecule has 3 nitrogen and oxygen atoms in total. The first-order valence-corrected chi connectivity index (χ1v) is 7.61. The molecule has 0 aromatic carbocycles. The molecule has 19 heavy (non-hydrogen) atoms. The average Bonchev–Trinajstić information content (AvgIpc) is 2.45. The van der Waals surface area contributed by atoms with Gasteiger partial charge >= 0.3 is 0 Å². The number of hydrogen-bond acceptors (Lipinski definition) is 3. The molecule has 0 spiro atoms. The van der Waals surface area contributed by atoms with Gasteiger partial charge in [-0.2, -0.15) is 0 Å². The lowest BCUT2D eigenvalue weighted by atomic mass is 10.1. The van der Waals surface area contributed by atoms with Crippen LogP contribution in [0.25, 0.3) is 0 Å². The van der Waals surface area contributed by atoms with Crippen molar-refractivity contribution in [1.82, 2.24) is 10.3 Å². The van der Waals surface area contributed by atoms with Crippen molar-refractivity contribution in [2.24, 2.45) is 5.92 Å². The fourth-order valence-corrected chi connectivity index (χ4v) is 2.07. The molecular weight excluding hydrogens is 234 g/mol. The molecule has 1 heterocycles. The lowest BCUT2D eigenvalue weighted by Gasteiger charge is -2.26. The number of nitrogens with one attached hydrogen (secondary N) is 1. The number of aromatic nitrogens is 1. The van der Waals surface area contributed by atoms with Gasteiger partial charge in [0.2, 0.25) is 0 Å². The third-order valence-electron chi connectivity index (χ3n) is 3.51. The molecule has 0 aliphatic rings. The van der Waals surface area contributed by atoms with Crippen LogP contribution in [0, 0.1) is 5.92 Å². The number of nitrogens with zero attached hydrogens (tertiary/aromatic N) is 2. The summed E-state index contributed by atoms with van der Waals surface area (Å²) in [5.74, 6) is 0.731. The Hall–Kier alpha value is -1.09. The summed E-state index contributed by atoms with van der Waals surface area (Å²) in [5.41, 5.74) is 2.43. The summed E-state index contributed by atoms with van der Waals surface area (Å²) in [6, 6.07) is 4.34. The van der Waals surface area contributed by atoms with Crippen molar-refractivity contribution in [3.63, 3.8) is 0 Å². The van der Waals surface area contributed by atoms with E-state index in [1.54, 1.807) is 0 Å². The normalized spacial score (nSPS) is 12.4. The molecule has 0 saturated carbocycles. The molecule has 1 N–H and O–H groups in total. The van der Waals surface area contributed by atoms with E-state index in [4.69, 9.17) is 0 Å². The second-order valence-corrected chi connectivity index (χ2v) is 5.23. The van der Waals surface area contributed by atoms with Gasteiger partial charge in [0.05, 0.1) is 5.69 Å². The van der Waals surface area contributed by atoms with Crippen molar-refractivity contribution in [3.05, 3.63) is 24.0 Å². The summed E-state index contributed by atoms with van der Waals surface area (Å²) < 4.78 is 0. The van der Waals surface area contributed by atoms with Crippen molar-refractivity contribution in [1.29, 1.82) is 0 Å². The van der Waals surface area contributed by atoms with Gasteiger partial charge < -0.3 is 10.2 Å².